The van der Waals surface area contributed by atoms with Crippen molar-refractivity contribution < 1.29 is 9.13 Å². The topological polar surface area (TPSA) is 48.1 Å². The lowest BCUT2D eigenvalue weighted by Gasteiger charge is -2.15. The number of nitrogens with two attached hydrogens (primary N) is 1. The van der Waals surface area contributed by atoms with Gasteiger partial charge in [0.25, 0.3) is 0 Å². The lowest BCUT2D eigenvalue weighted by molar-refractivity contribution is 0.404. The zero-order chi connectivity index (χ0) is 13.1. The zero-order valence-corrected chi connectivity index (χ0v) is 10.4. The van der Waals surface area contributed by atoms with Crippen LogP contribution in [0.3, 0.4) is 0 Å². The molecule has 3 nitrogen and oxygen atoms in total. The van der Waals surface area contributed by atoms with E-state index < -0.39 is 6.04 Å². The van der Waals surface area contributed by atoms with Gasteiger partial charge in [0.15, 0.2) is 0 Å². The highest BCUT2D eigenvalue weighted by Crippen LogP contribution is 2.26. The molecule has 0 radical (unpaired) electrons. The molecule has 2 N–H and O–H groups in total. The summed E-state index contributed by atoms with van der Waals surface area (Å²) < 4.78 is 18.7. The van der Waals surface area contributed by atoms with Gasteiger partial charge in [0.05, 0.1) is 13.2 Å². The fourth-order valence-corrected chi connectivity index (χ4v) is 1.77. The number of aromatic nitrogens is 1. The second kappa shape index (κ2) is 5.14. The second-order valence-electron chi connectivity index (χ2n) is 4.08. The van der Waals surface area contributed by atoms with E-state index in [9.17, 15) is 4.39 Å². The molecule has 0 aliphatic heterocycles. The van der Waals surface area contributed by atoms with E-state index in [-0.39, 0.29) is 5.82 Å². The van der Waals surface area contributed by atoms with E-state index in [1.54, 1.807) is 44.5 Å². The second-order valence-corrected chi connectivity index (χ2v) is 4.08. The Morgan fingerprint density at radius 2 is 2.11 bits per heavy atom. The molecule has 1 aromatic heterocycles. The van der Waals surface area contributed by atoms with Crippen LogP contribution >= 0.6 is 0 Å². The summed E-state index contributed by atoms with van der Waals surface area (Å²) in [5, 5.41) is 0. The van der Waals surface area contributed by atoms with Gasteiger partial charge in [0, 0.05) is 6.20 Å². The summed E-state index contributed by atoms with van der Waals surface area (Å²) in [7, 11) is 1.56. The third kappa shape index (κ3) is 2.33. The monoisotopic (exact) mass is 246 g/mol. The van der Waals surface area contributed by atoms with Crippen LogP contribution in [0.25, 0.3) is 0 Å². The first-order valence-corrected chi connectivity index (χ1v) is 5.64. The van der Waals surface area contributed by atoms with Gasteiger partial charge in [-0.15, -0.1) is 0 Å². The molecule has 0 saturated heterocycles. The Balaban J connectivity index is 2.41. The highest BCUT2D eigenvalue weighted by Gasteiger charge is 2.16. The van der Waals surface area contributed by atoms with Crippen LogP contribution in [0, 0.1) is 12.7 Å². The van der Waals surface area contributed by atoms with Crippen LogP contribution in [0.4, 0.5) is 4.39 Å². The van der Waals surface area contributed by atoms with E-state index in [1.807, 2.05) is 0 Å². The molecule has 94 valence electrons. The minimum absolute atomic E-state index is 0.266. The normalized spacial score (nSPS) is 12.2. The number of benzene rings is 1. The van der Waals surface area contributed by atoms with Gasteiger partial charge in [-0.2, -0.15) is 0 Å². The van der Waals surface area contributed by atoms with E-state index in [4.69, 9.17) is 10.5 Å². The minimum atomic E-state index is -0.503. The molecule has 2 aromatic rings. The summed E-state index contributed by atoms with van der Waals surface area (Å²) >= 11 is 0. The molecule has 0 aliphatic rings. The SMILES string of the molecule is COc1cccnc1C(N)c1ccc(C)c(F)c1. The number of aryl methyl sites for hydroxylation is 1. The number of rotatable bonds is 3. The van der Waals surface area contributed by atoms with Crippen molar-refractivity contribution in [3.8, 4) is 5.75 Å². The minimum Gasteiger partial charge on any atom is -0.495 e. The molecule has 0 saturated carbocycles. The molecule has 0 aliphatic carbocycles. The van der Waals surface area contributed by atoms with E-state index in [1.165, 1.54) is 6.07 Å². The molecule has 2 rings (SSSR count). The van der Waals surface area contributed by atoms with Crippen molar-refractivity contribution in [2.45, 2.75) is 13.0 Å². The largest absolute Gasteiger partial charge is 0.495 e. The lowest BCUT2D eigenvalue weighted by atomic mass is 10.0. The number of nitrogens with zero attached hydrogens (tertiary/aromatic N) is 1. The standard InChI is InChI=1S/C14H15FN2O/c1-9-5-6-10(8-11(9)15)13(16)14-12(18-2)4-3-7-17-14/h3-8,13H,16H2,1-2H3. The first kappa shape index (κ1) is 12.5. The lowest BCUT2D eigenvalue weighted by Crippen LogP contribution is -2.15. The maximum atomic E-state index is 13.5. The Kier molecular flexibility index (Phi) is 3.58. The Labute approximate surface area is 105 Å². The van der Waals surface area contributed by atoms with Crippen LogP contribution in [0.15, 0.2) is 36.5 Å². The van der Waals surface area contributed by atoms with E-state index in [2.05, 4.69) is 4.98 Å². The first-order chi connectivity index (χ1) is 8.63. The molecule has 1 heterocycles. The predicted molar refractivity (Wildman–Crippen MR) is 68.0 cm³/mol. The Morgan fingerprint density at radius 3 is 2.78 bits per heavy atom. The molecule has 1 unspecified atom stereocenters. The molecule has 1 atom stereocenters. The fourth-order valence-electron chi connectivity index (χ4n) is 1.77. The molecule has 4 heteroatoms. The molecular formula is C14H15FN2O. The molecule has 0 spiro atoms. The number of ether oxygens (including phenoxy) is 1. The van der Waals surface area contributed by atoms with Gasteiger partial charge in [-0.1, -0.05) is 12.1 Å². The quantitative estimate of drug-likeness (QED) is 0.905. The smallest absolute Gasteiger partial charge is 0.142 e. The van der Waals surface area contributed by atoms with Crippen LogP contribution in [0.1, 0.15) is 22.9 Å². The van der Waals surface area contributed by atoms with Gasteiger partial charge in [0.2, 0.25) is 0 Å². The van der Waals surface area contributed by atoms with Crippen LogP contribution in [0.5, 0.6) is 5.75 Å². The van der Waals surface area contributed by atoms with Crippen molar-refractivity contribution in [2.75, 3.05) is 7.11 Å². The number of hydrogen-bond donors (Lipinski definition) is 1. The van der Waals surface area contributed by atoms with Crippen molar-refractivity contribution >= 4 is 0 Å². The number of pyridine rings is 1. The highest BCUT2D eigenvalue weighted by molar-refractivity contribution is 5.37. The van der Waals surface area contributed by atoms with Crippen LogP contribution in [-0.4, -0.2) is 12.1 Å². The summed E-state index contributed by atoms with van der Waals surface area (Å²) in [6.07, 6.45) is 1.64. The zero-order valence-electron chi connectivity index (χ0n) is 10.4. The van der Waals surface area contributed by atoms with Crippen molar-refractivity contribution in [3.63, 3.8) is 0 Å². The Morgan fingerprint density at radius 1 is 1.33 bits per heavy atom. The molecular weight excluding hydrogens is 231 g/mol. The molecule has 0 fully saturated rings. The van der Waals surface area contributed by atoms with Crippen LogP contribution in [-0.2, 0) is 0 Å². The Bertz CT molecular complexity index is 557. The number of halogens is 1. The van der Waals surface area contributed by atoms with E-state index in [0.717, 1.165) is 0 Å². The summed E-state index contributed by atoms with van der Waals surface area (Å²) in [6.45, 7) is 1.71. The van der Waals surface area contributed by atoms with Crippen molar-refractivity contribution in [1.29, 1.82) is 0 Å². The van der Waals surface area contributed by atoms with Crippen molar-refractivity contribution in [1.82, 2.24) is 4.98 Å². The predicted octanol–water partition coefficient (Wildman–Crippen LogP) is 2.59. The maximum absolute atomic E-state index is 13.5. The van der Waals surface area contributed by atoms with Crippen molar-refractivity contribution in [2.24, 2.45) is 5.73 Å². The van der Waals surface area contributed by atoms with E-state index >= 15 is 0 Å². The van der Waals surface area contributed by atoms with Crippen LogP contribution in [0.2, 0.25) is 0 Å². The molecule has 18 heavy (non-hydrogen) atoms. The third-order valence-electron chi connectivity index (χ3n) is 2.87. The molecule has 0 amide bonds. The summed E-state index contributed by atoms with van der Waals surface area (Å²) in [6, 6.07) is 8.00. The highest BCUT2D eigenvalue weighted by atomic mass is 19.1. The van der Waals surface area contributed by atoms with Gasteiger partial charge >= 0.3 is 0 Å². The molecule has 0 bridgehead atoms. The third-order valence-corrected chi connectivity index (χ3v) is 2.87. The van der Waals surface area contributed by atoms with Gasteiger partial charge < -0.3 is 10.5 Å². The van der Waals surface area contributed by atoms with Gasteiger partial charge in [-0.05, 0) is 36.2 Å². The average Bonchev–Trinajstić information content (AvgIpc) is 2.41. The van der Waals surface area contributed by atoms with Gasteiger partial charge in [0.1, 0.15) is 17.3 Å². The van der Waals surface area contributed by atoms with Crippen LogP contribution < -0.4 is 10.5 Å². The molecule has 1 aromatic carbocycles. The van der Waals surface area contributed by atoms with Crippen molar-refractivity contribution in [3.05, 3.63) is 59.2 Å². The summed E-state index contributed by atoms with van der Waals surface area (Å²) in [5.41, 5.74) is 7.97. The fraction of sp³-hybridized carbons (Fsp3) is 0.214. The van der Waals surface area contributed by atoms with Gasteiger partial charge in [-0.25, -0.2) is 4.39 Å². The Hall–Kier alpha value is -1.94. The number of hydrogen-bond acceptors (Lipinski definition) is 3. The first-order valence-electron chi connectivity index (χ1n) is 5.64. The average molecular weight is 246 g/mol. The maximum Gasteiger partial charge on any atom is 0.142 e. The van der Waals surface area contributed by atoms with E-state index in [0.29, 0.717) is 22.6 Å². The van der Waals surface area contributed by atoms with Gasteiger partial charge in [-0.3, -0.25) is 4.98 Å². The summed E-state index contributed by atoms with van der Waals surface area (Å²) in [5.74, 6) is 0.337. The number of methoxy groups -OCH3 is 1. The summed E-state index contributed by atoms with van der Waals surface area (Å²) in [4.78, 5) is 4.21.